The van der Waals surface area contributed by atoms with E-state index in [0.717, 1.165) is 27.5 Å². The van der Waals surface area contributed by atoms with Crippen molar-refractivity contribution in [1.82, 2.24) is 4.98 Å². The number of hydrogen-bond acceptors (Lipinski definition) is 4. The standard InChI is InChI=1S/C19H18N2O2S/c1-13-20-18(12-24-13)15-7-9-17(10-8-15)21-19(22)16-5-3-14(4-6-16)11-23-2/h3-10,12H,11H2,1-2H3,(H,21,22). The van der Waals surface area contributed by atoms with Crippen molar-refractivity contribution in [3.05, 3.63) is 70.0 Å². The Morgan fingerprint density at radius 3 is 2.42 bits per heavy atom. The number of amides is 1. The highest BCUT2D eigenvalue weighted by Crippen LogP contribution is 2.23. The summed E-state index contributed by atoms with van der Waals surface area (Å²) in [5.74, 6) is -0.129. The number of carbonyl (C=O) groups is 1. The van der Waals surface area contributed by atoms with Gasteiger partial charge in [-0.05, 0) is 36.8 Å². The van der Waals surface area contributed by atoms with E-state index in [0.29, 0.717) is 12.2 Å². The molecule has 1 aromatic heterocycles. The third-order valence-electron chi connectivity index (χ3n) is 3.58. The number of aromatic nitrogens is 1. The molecule has 0 aliphatic rings. The summed E-state index contributed by atoms with van der Waals surface area (Å²) in [6.45, 7) is 2.53. The molecule has 0 atom stereocenters. The van der Waals surface area contributed by atoms with Gasteiger partial charge in [0.15, 0.2) is 0 Å². The minimum Gasteiger partial charge on any atom is -0.380 e. The first-order chi connectivity index (χ1) is 11.7. The summed E-state index contributed by atoms with van der Waals surface area (Å²) in [5, 5.41) is 5.98. The van der Waals surface area contributed by atoms with Crippen LogP contribution in [0, 0.1) is 6.92 Å². The maximum Gasteiger partial charge on any atom is 0.255 e. The number of anilines is 1. The van der Waals surface area contributed by atoms with Crippen molar-refractivity contribution in [2.24, 2.45) is 0 Å². The summed E-state index contributed by atoms with van der Waals surface area (Å²) in [4.78, 5) is 16.8. The second-order valence-corrected chi connectivity index (χ2v) is 6.48. The maximum atomic E-state index is 12.3. The van der Waals surface area contributed by atoms with Crippen LogP contribution in [0.15, 0.2) is 53.9 Å². The lowest BCUT2D eigenvalue weighted by atomic mass is 10.1. The van der Waals surface area contributed by atoms with Crippen LogP contribution in [0.2, 0.25) is 0 Å². The fourth-order valence-electron chi connectivity index (χ4n) is 2.34. The van der Waals surface area contributed by atoms with E-state index in [1.165, 1.54) is 0 Å². The van der Waals surface area contributed by atoms with Crippen LogP contribution in [0.4, 0.5) is 5.69 Å². The zero-order valence-electron chi connectivity index (χ0n) is 13.6. The molecule has 24 heavy (non-hydrogen) atoms. The van der Waals surface area contributed by atoms with Gasteiger partial charge in [0.1, 0.15) is 0 Å². The third kappa shape index (κ3) is 3.88. The average Bonchev–Trinajstić information content (AvgIpc) is 3.03. The van der Waals surface area contributed by atoms with Gasteiger partial charge in [0.25, 0.3) is 5.91 Å². The predicted molar refractivity (Wildman–Crippen MR) is 97.4 cm³/mol. The fourth-order valence-corrected chi connectivity index (χ4v) is 2.96. The summed E-state index contributed by atoms with van der Waals surface area (Å²) in [6.07, 6.45) is 0. The lowest BCUT2D eigenvalue weighted by Crippen LogP contribution is -2.11. The highest BCUT2D eigenvalue weighted by Gasteiger charge is 2.07. The summed E-state index contributed by atoms with van der Waals surface area (Å²) >= 11 is 1.63. The minimum atomic E-state index is -0.129. The topological polar surface area (TPSA) is 51.2 Å². The van der Waals surface area contributed by atoms with Crippen LogP contribution < -0.4 is 5.32 Å². The minimum absolute atomic E-state index is 0.129. The maximum absolute atomic E-state index is 12.3. The molecule has 1 N–H and O–H groups in total. The van der Waals surface area contributed by atoms with Gasteiger partial charge in [-0.25, -0.2) is 4.98 Å². The molecule has 3 aromatic rings. The Balaban J connectivity index is 1.68. The van der Waals surface area contributed by atoms with E-state index in [-0.39, 0.29) is 5.91 Å². The predicted octanol–water partition coefficient (Wildman–Crippen LogP) is 4.52. The molecule has 0 radical (unpaired) electrons. The number of nitrogens with zero attached hydrogens (tertiary/aromatic N) is 1. The lowest BCUT2D eigenvalue weighted by Gasteiger charge is -2.07. The van der Waals surface area contributed by atoms with Crippen molar-refractivity contribution >= 4 is 22.9 Å². The number of aryl methyl sites for hydroxylation is 1. The molecule has 3 rings (SSSR count). The molecule has 0 fully saturated rings. The van der Waals surface area contributed by atoms with Gasteiger partial charge in [0.2, 0.25) is 0 Å². The van der Waals surface area contributed by atoms with E-state index >= 15 is 0 Å². The van der Waals surface area contributed by atoms with Crippen molar-refractivity contribution in [1.29, 1.82) is 0 Å². The first-order valence-corrected chi connectivity index (χ1v) is 8.45. The molecule has 0 saturated carbocycles. The molecule has 5 heteroatoms. The first-order valence-electron chi connectivity index (χ1n) is 7.57. The van der Waals surface area contributed by atoms with Gasteiger partial charge >= 0.3 is 0 Å². The lowest BCUT2D eigenvalue weighted by molar-refractivity contribution is 0.102. The highest BCUT2D eigenvalue weighted by atomic mass is 32.1. The number of hydrogen-bond donors (Lipinski definition) is 1. The number of methoxy groups -OCH3 is 1. The number of rotatable bonds is 5. The van der Waals surface area contributed by atoms with Crippen molar-refractivity contribution in [3.8, 4) is 11.3 Å². The summed E-state index contributed by atoms with van der Waals surface area (Å²) in [6, 6.07) is 15.1. The van der Waals surface area contributed by atoms with Crippen LogP contribution in [0.3, 0.4) is 0 Å². The fraction of sp³-hybridized carbons (Fsp3) is 0.158. The van der Waals surface area contributed by atoms with Crippen LogP contribution in [0.25, 0.3) is 11.3 Å². The second-order valence-electron chi connectivity index (χ2n) is 5.41. The summed E-state index contributed by atoms with van der Waals surface area (Å²) < 4.78 is 5.07. The Labute approximate surface area is 145 Å². The molecule has 1 heterocycles. The number of ether oxygens (including phenoxy) is 1. The van der Waals surface area contributed by atoms with Gasteiger partial charge in [0, 0.05) is 29.3 Å². The molecule has 0 unspecified atom stereocenters. The van der Waals surface area contributed by atoms with Gasteiger partial charge in [-0.1, -0.05) is 24.3 Å². The molecule has 4 nitrogen and oxygen atoms in total. The van der Waals surface area contributed by atoms with Crippen LogP contribution in [0.1, 0.15) is 20.9 Å². The molecule has 0 bridgehead atoms. The Kier molecular flexibility index (Phi) is 5.03. The average molecular weight is 338 g/mol. The smallest absolute Gasteiger partial charge is 0.255 e. The van der Waals surface area contributed by atoms with Gasteiger partial charge in [-0.3, -0.25) is 4.79 Å². The zero-order chi connectivity index (χ0) is 16.9. The van der Waals surface area contributed by atoms with Crippen molar-refractivity contribution in [2.45, 2.75) is 13.5 Å². The monoisotopic (exact) mass is 338 g/mol. The number of benzene rings is 2. The molecular formula is C19H18N2O2S. The van der Waals surface area contributed by atoms with Gasteiger partial charge in [-0.15, -0.1) is 11.3 Å². The van der Waals surface area contributed by atoms with Crippen LogP contribution in [-0.4, -0.2) is 18.0 Å². The molecular weight excluding hydrogens is 320 g/mol. The largest absolute Gasteiger partial charge is 0.380 e. The van der Waals surface area contributed by atoms with E-state index in [1.807, 2.05) is 48.7 Å². The van der Waals surface area contributed by atoms with E-state index in [2.05, 4.69) is 10.3 Å². The summed E-state index contributed by atoms with van der Waals surface area (Å²) in [5.41, 5.74) is 4.42. The Morgan fingerprint density at radius 2 is 1.83 bits per heavy atom. The molecule has 1 amide bonds. The molecule has 0 spiro atoms. The summed E-state index contributed by atoms with van der Waals surface area (Å²) in [7, 11) is 1.65. The van der Waals surface area contributed by atoms with Crippen LogP contribution in [-0.2, 0) is 11.3 Å². The molecule has 122 valence electrons. The quantitative estimate of drug-likeness (QED) is 0.744. The molecule has 0 aliphatic heterocycles. The van der Waals surface area contributed by atoms with Crippen molar-refractivity contribution in [3.63, 3.8) is 0 Å². The third-order valence-corrected chi connectivity index (χ3v) is 4.36. The second kappa shape index (κ2) is 7.38. The Hall–Kier alpha value is -2.50. The van der Waals surface area contributed by atoms with Crippen molar-refractivity contribution < 1.29 is 9.53 Å². The van der Waals surface area contributed by atoms with Crippen LogP contribution in [0.5, 0.6) is 0 Å². The van der Waals surface area contributed by atoms with E-state index in [1.54, 1.807) is 30.6 Å². The SMILES string of the molecule is COCc1ccc(C(=O)Nc2ccc(-c3csc(C)n3)cc2)cc1. The van der Waals surface area contributed by atoms with Crippen molar-refractivity contribution in [2.75, 3.05) is 12.4 Å². The van der Waals surface area contributed by atoms with Gasteiger partial charge < -0.3 is 10.1 Å². The first kappa shape index (κ1) is 16.4. The highest BCUT2D eigenvalue weighted by molar-refractivity contribution is 7.09. The normalized spacial score (nSPS) is 10.6. The molecule has 0 aliphatic carbocycles. The number of nitrogens with one attached hydrogen (secondary N) is 1. The Morgan fingerprint density at radius 1 is 1.12 bits per heavy atom. The van der Waals surface area contributed by atoms with Crippen LogP contribution >= 0.6 is 11.3 Å². The van der Waals surface area contributed by atoms with Gasteiger partial charge in [-0.2, -0.15) is 0 Å². The molecule has 0 saturated heterocycles. The van der Waals surface area contributed by atoms with E-state index in [4.69, 9.17) is 4.74 Å². The Bertz CT molecular complexity index is 823. The number of carbonyl (C=O) groups excluding carboxylic acids is 1. The van der Waals surface area contributed by atoms with E-state index in [9.17, 15) is 4.79 Å². The zero-order valence-corrected chi connectivity index (χ0v) is 14.4. The van der Waals surface area contributed by atoms with E-state index < -0.39 is 0 Å². The molecule has 2 aromatic carbocycles. The number of thiazole rings is 1. The van der Waals surface area contributed by atoms with Gasteiger partial charge in [0.05, 0.1) is 17.3 Å².